The minimum absolute atomic E-state index is 0.165. The second kappa shape index (κ2) is 12.1. The van der Waals surface area contributed by atoms with E-state index in [9.17, 15) is 22.4 Å². The first kappa shape index (κ1) is 27.3. The van der Waals surface area contributed by atoms with Crippen molar-refractivity contribution in [3.8, 4) is 0 Å². The maximum absolute atomic E-state index is 14.6. The Morgan fingerprint density at radius 3 is 2.17 bits per heavy atom. The molecule has 3 aromatic carbocycles. The second-order valence-corrected chi connectivity index (χ2v) is 11.0. The van der Waals surface area contributed by atoms with E-state index in [0.717, 1.165) is 20.6 Å². The Labute approximate surface area is 219 Å². The third-order valence-corrected chi connectivity index (χ3v) is 7.28. The molecule has 1 atom stereocenters. The minimum Gasteiger partial charge on any atom is -0.357 e. The number of carbonyl (C=O) groups excluding carboxylic acids is 2. The standard InChI is InChI=1S/C26H27BrFN3O4S/c1-29-26(33)24(16-19-8-4-3-5-9-19)30(17-20-10-6-7-11-23(20)28)25(32)18-31(36(2,34)35)22-14-12-21(27)13-15-22/h3-15,24H,16-18H2,1-2H3,(H,29,33)/t24-/m1/s1. The average molecular weight is 576 g/mol. The highest BCUT2D eigenvalue weighted by Crippen LogP contribution is 2.22. The maximum atomic E-state index is 14.6. The maximum Gasteiger partial charge on any atom is 0.244 e. The quantitative estimate of drug-likeness (QED) is 0.399. The van der Waals surface area contributed by atoms with Crippen LogP contribution in [0.5, 0.6) is 0 Å². The van der Waals surface area contributed by atoms with E-state index < -0.39 is 40.2 Å². The third kappa shape index (κ3) is 7.14. The second-order valence-electron chi connectivity index (χ2n) is 8.18. The summed E-state index contributed by atoms with van der Waals surface area (Å²) in [6.45, 7) is -0.772. The summed E-state index contributed by atoms with van der Waals surface area (Å²) < 4.78 is 41.6. The normalized spacial score (nSPS) is 12.0. The predicted octanol–water partition coefficient (Wildman–Crippen LogP) is 3.74. The Morgan fingerprint density at radius 1 is 0.972 bits per heavy atom. The number of hydrogen-bond donors (Lipinski definition) is 1. The predicted molar refractivity (Wildman–Crippen MR) is 141 cm³/mol. The average Bonchev–Trinajstić information content (AvgIpc) is 2.85. The zero-order chi connectivity index (χ0) is 26.3. The van der Waals surface area contributed by atoms with Crippen LogP contribution >= 0.6 is 15.9 Å². The first-order chi connectivity index (χ1) is 17.1. The van der Waals surface area contributed by atoms with Gasteiger partial charge in [0.25, 0.3) is 0 Å². The number of rotatable bonds is 10. The molecule has 3 aromatic rings. The smallest absolute Gasteiger partial charge is 0.244 e. The van der Waals surface area contributed by atoms with Crippen LogP contribution < -0.4 is 9.62 Å². The molecule has 0 fully saturated rings. The highest BCUT2D eigenvalue weighted by molar-refractivity contribution is 9.10. The molecule has 36 heavy (non-hydrogen) atoms. The summed E-state index contributed by atoms with van der Waals surface area (Å²) in [5, 5.41) is 2.58. The Morgan fingerprint density at radius 2 is 1.58 bits per heavy atom. The molecule has 0 aliphatic carbocycles. The van der Waals surface area contributed by atoms with Crippen molar-refractivity contribution in [2.24, 2.45) is 0 Å². The number of carbonyl (C=O) groups is 2. The lowest BCUT2D eigenvalue weighted by atomic mass is 10.0. The van der Waals surface area contributed by atoms with Gasteiger partial charge in [-0.25, -0.2) is 12.8 Å². The van der Waals surface area contributed by atoms with Crippen LogP contribution in [0, 0.1) is 5.82 Å². The molecule has 0 unspecified atom stereocenters. The van der Waals surface area contributed by atoms with E-state index >= 15 is 0 Å². The summed E-state index contributed by atoms with van der Waals surface area (Å²) in [4.78, 5) is 27.9. The van der Waals surface area contributed by atoms with Crippen molar-refractivity contribution in [1.29, 1.82) is 0 Å². The Kier molecular flexibility index (Phi) is 9.22. The zero-order valence-electron chi connectivity index (χ0n) is 19.9. The van der Waals surface area contributed by atoms with E-state index in [1.165, 1.54) is 30.1 Å². The van der Waals surface area contributed by atoms with Crippen LogP contribution in [-0.2, 0) is 32.6 Å². The molecule has 7 nitrogen and oxygen atoms in total. The zero-order valence-corrected chi connectivity index (χ0v) is 22.3. The van der Waals surface area contributed by atoms with Crippen molar-refractivity contribution < 1.29 is 22.4 Å². The lowest BCUT2D eigenvalue weighted by Gasteiger charge is -2.33. The van der Waals surface area contributed by atoms with E-state index in [4.69, 9.17) is 0 Å². The lowest BCUT2D eigenvalue weighted by Crippen LogP contribution is -2.53. The summed E-state index contributed by atoms with van der Waals surface area (Å²) in [5.41, 5.74) is 1.30. The number of likely N-dealkylation sites (N-methyl/N-ethyl adjacent to an activating group) is 1. The Balaban J connectivity index is 2.03. The fourth-order valence-electron chi connectivity index (χ4n) is 3.75. The van der Waals surface area contributed by atoms with E-state index in [2.05, 4.69) is 21.2 Å². The van der Waals surface area contributed by atoms with Gasteiger partial charge in [0, 0.05) is 30.0 Å². The SMILES string of the molecule is CNC(=O)[C@@H](Cc1ccccc1)N(Cc1ccccc1F)C(=O)CN(c1ccc(Br)cc1)S(C)(=O)=O. The summed E-state index contributed by atoms with van der Waals surface area (Å²) in [7, 11) is -2.40. The molecular weight excluding hydrogens is 549 g/mol. The topological polar surface area (TPSA) is 86.8 Å². The Bertz CT molecular complexity index is 1300. The number of nitrogens with zero attached hydrogens (tertiary/aromatic N) is 2. The summed E-state index contributed by atoms with van der Waals surface area (Å²) in [6, 6.07) is 20.6. The molecule has 1 N–H and O–H groups in total. The van der Waals surface area contributed by atoms with E-state index in [0.29, 0.717) is 5.69 Å². The van der Waals surface area contributed by atoms with Gasteiger partial charge >= 0.3 is 0 Å². The molecule has 190 valence electrons. The van der Waals surface area contributed by atoms with Crippen LogP contribution in [0.4, 0.5) is 10.1 Å². The molecule has 0 aliphatic rings. The minimum atomic E-state index is -3.85. The monoisotopic (exact) mass is 575 g/mol. The molecule has 0 radical (unpaired) electrons. The van der Waals surface area contributed by atoms with Crippen LogP contribution in [0.15, 0.2) is 83.3 Å². The van der Waals surface area contributed by atoms with Crippen LogP contribution in [0.3, 0.4) is 0 Å². The highest BCUT2D eigenvalue weighted by atomic mass is 79.9. The van der Waals surface area contributed by atoms with Crippen LogP contribution in [-0.4, -0.2) is 51.0 Å². The molecule has 0 bridgehead atoms. The number of amides is 2. The van der Waals surface area contributed by atoms with Gasteiger partial charge in [-0.3, -0.25) is 13.9 Å². The number of benzene rings is 3. The van der Waals surface area contributed by atoms with Crippen LogP contribution in [0.25, 0.3) is 0 Å². The number of nitrogens with one attached hydrogen (secondary N) is 1. The lowest BCUT2D eigenvalue weighted by molar-refractivity contribution is -0.139. The summed E-state index contributed by atoms with van der Waals surface area (Å²) in [6.07, 6.45) is 1.17. The summed E-state index contributed by atoms with van der Waals surface area (Å²) >= 11 is 3.31. The van der Waals surface area contributed by atoms with Gasteiger partial charge in [0.15, 0.2) is 0 Å². The fourth-order valence-corrected chi connectivity index (χ4v) is 4.87. The van der Waals surface area contributed by atoms with Crippen molar-refractivity contribution >= 4 is 43.5 Å². The first-order valence-electron chi connectivity index (χ1n) is 11.1. The molecule has 0 aliphatic heterocycles. The van der Waals surface area contributed by atoms with Gasteiger partial charge < -0.3 is 10.2 Å². The molecule has 3 rings (SSSR count). The fraction of sp³-hybridized carbons (Fsp3) is 0.231. The van der Waals surface area contributed by atoms with Crippen LogP contribution in [0.1, 0.15) is 11.1 Å². The molecule has 0 heterocycles. The van der Waals surface area contributed by atoms with Gasteiger partial charge in [0.1, 0.15) is 18.4 Å². The molecule has 0 spiro atoms. The largest absolute Gasteiger partial charge is 0.357 e. The van der Waals surface area contributed by atoms with Crippen molar-refractivity contribution in [3.05, 3.63) is 100 Å². The molecule has 2 amide bonds. The van der Waals surface area contributed by atoms with Crippen molar-refractivity contribution in [3.63, 3.8) is 0 Å². The van der Waals surface area contributed by atoms with E-state index in [-0.39, 0.29) is 18.5 Å². The van der Waals surface area contributed by atoms with Gasteiger partial charge in [-0.15, -0.1) is 0 Å². The van der Waals surface area contributed by atoms with Gasteiger partial charge in [0.05, 0.1) is 11.9 Å². The van der Waals surface area contributed by atoms with Crippen molar-refractivity contribution in [2.45, 2.75) is 19.0 Å². The molecule has 10 heteroatoms. The molecule has 0 saturated heterocycles. The van der Waals surface area contributed by atoms with Crippen molar-refractivity contribution in [1.82, 2.24) is 10.2 Å². The number of hydrogen-bond acceptors (Lipinski definition) is 4. The molecular formula is C26H27BrFN3O4S. The van der Waals surface area contributed by atoms with Gasteiger partial charge in [0.2, 0.25) is 21.8 Å². The van der Waals surface area contributed by atoms with Crippen molar-refractivity contribution in [2.75, 3.05) is 24.2 Å². The third-order valence-electron chi connectivity index (χ3n) is 5.61. The first-order valence-corrected chi connectivity index (χ1v) is 13.8. The summed E-state index contributed by atoms with van der Waals surface area (Å²) in [5.74, 6) is -1.62. The number of anilines is 1. The van der Waals surface area contributed by atoms with Gasteiger partial charge in [-0.2, -0.15) is 0 Å². The van der Waals surface area contributed by atoms with E-state index in [1.54, 1.807) is 30.3 Å². The number of sulfonamides is 1. The highest BCUT2D eigenvalue weighted by Gasteiger charge is 2.33. The number of halogens is 2. The van der Waals surface area contributed by atoms with Crippen LogP contribution in [0.2, 0.25) is 0 Å². The van der Waals surface area contributed by atoms with Gasteiger partial charge in [-0.05, 0) is 35.9 Å². The molecule has 0 aromatic heterocycles. The van der Waals surface area contributed by atoms with E-state index in [1.807, 2.05) is 30.3 Å². The Hall–Kier alpha value is -3.24. The van der Waals surface area contributed by atoms with Gasteiger partial charge in [-0.1, -0.05) is 64.5 Å². The molecule has 0 saturated carbocycles.